The number of carbonyl (C=O) groups is 2. The minimum Gasteiger partial charge on any atom is -0.350 e. The fourth-order valence-corrected chi connectivity index (χ4v) is 4.15. The second kappa shape index (κ2) is 7.68. The summed E-state index contributed by atoms with van der Waals surface area (Å²) in [5.41, 5.74) is 0.314. The Morgan fingerprint density at radius 1 is 1.28 bits per heavy atom. The van der Waals surface area contributed by atoms with Crippen molar-refractivity contribution in [2.45, 2.75) is 70.8 Å². The van der Waals surface area contributed by atoms with Gasteiger partial charge in [0.25, 0.3) is 5.91 Å². The van der Waals surface area contributed by atoms with Crippen LogP contribution in [0.3, 0.4) is 0 Å². The van der Waals surface area contributed by atoms with Gasteiger partial charge >= 0.3 is 0 Å². The molecule has 1 fully saturated rings. The summed E-state index contributed by atoms with van der Waals surface area (Å²) in [7, 11) is 0. The molecule has 6 heteroatoms. The van der Waals surface area contributed by atoms with E-state index in [9.17, 15) is 9.59 Å². The van der Waals surface area contributed by atoms with E-state index in [2.05, 4.69) is 43.0 Å². The molecule has 1 heterocycles. The summed E-state index contributed by atoms with van der Waals surface area (Å²) in [4.78, 5) is 29.7. The van der Waals surface area contributed by atoms with E-state index >= 15 is 0 Å². The maximum absolute atomic E-state index is 12.9. The van der Waals surface area contributed by atoms with Crippen LogP contribution in [-0.2, 0) is 10.2 Å². The number of aromatic nitrogens is 1. The zero-order chi connectivity index (χ0) is 18.7. The summed E-state index contributed by atoms with van der Waals surface area (Å²) in [6.07, 6.45) is 6.29. The molecule has 0 unspecified atom stereocenters. The number of amides is 2. The molecule has 0 atom stereocenters. The highest BCUT2D eigenvalue weighted by Crippen LogP contribution is 2.31. The first-order chi connectivity index (χ1) is 11.7. The number of nitrogens with zero attached hydrogens (tertiary/aromatic N) is 1. The van der Waals surface area contributed by atoms with Crippen molar-refractivity contribution in [2.75, 3.05) is 6.54 Å². The number of aryl methyl sites for hydroxylation is 1. The molecule has 1 aromatic rings. The van der Waals surface area contributed by atoms with E-state index in [1.165, 1.54) is 23.8 Å². The molecular formula is C19H29N3O2S. The number of hydrogen-bond acceptors (Lipinski definition) is 4. The summed E-state index contributed by atoms with van der Waals surface area (Å²) in [5, 5.41) is 7.04. The van der Waals surface area contributed by atoms with Crippen LogP contribution < -0.4 is 10.6 Å². The molecule has 1 aromatic heterocycles. The second-order valence-corrected chi connectivity index (χ2v) is 8.90. The third-order valence-electron chi connectivity index (χ3n) is 4.62. The number of rotatable bonds is 5. The number of hydrogen-bond donors (Lipinski definition) is 2. The third-order valence-corrected chi connectivity index (χ3v) is 6.20. The highest BCUT2D eigenvalue weighted by Gasteiger charge is 2.35. The highest BCUT2D eigenvalue weighted by atomic mass is 32.1. The van der Waals surface area contributed by atoms with Crippen LogP contribution >= 0.6 is 11.3 Å². The van der Waals surface area contributed by atoms with Crippen LogP contribution in [0.1, 0.15) is 73.2 Å². The Labute approximate surface area is 154 Å². The van der Waals surface area contributed by atoms with Crippen LogP contribution in [0.4, 0.5) is 0 Å². The first kappa shape index (κ1) is 19.6. The Balaban J connectivity index is 2.18. The quantitative estimate of drug-likeness (QED) is 0.787. The Morgan fingerprint density at radius 2 is 1.92 bits per heavy atom. The average Bonchev–Trinajstić information content (AvgIpc) is 2.96. The molecule has 25 heavy (non-hydrogen) atoms. The van der Waals surface area contributed by atoms with Crippen molar-refractivity contribution < 1.29 is 9.59 Å². The van der Waals surface area contributed by atoms with Crippen LogP contribution in [0.2, 0.25) is 0 Å². The molecule has 2 amide bonds. The number of thiazole rings is 1. The van der Waals surface area contributed by atoms with Crippen molar-refractivity contribution >= 4 is 23.2 Å². The van der Waals surface area contributed by atoms with E-state index in [-0.39, 0.29) is 22.8 Å². The van der Waals surface area contributed by atoms with Gasteiger partial charge in [-0.25, -0.2) is 4.98 Å². The zero-order valence-electron chi connectivity index (χ0n) is 15.7. The molecule has 0 spiro atoms. The van der Waals surface area contributed by atoms with Crippen LogP contribution in [0, 0.1) is 6.92 Å². The molecule has 2 N–H and O–H groups in total. The SMILES string of the molecule is C=CC(=O)NCC1(NC(=O)c2sc(C(C)(C)C)nc2C)CCCCC1. The first-order valence-electron chi connectivity index (χ1n) is 8.87. The van der Waals surface area contributed by atoms with E-state index in [0.29, 0.717) is 11.4 Å². The molecule has 5 nitrogen and oxygen atoms in total. The minimum absolute atomic E-state index is 0.0750. The predicted octanol–water partition coefficient (Wildman–Crippen LogP) is 3.48. The van der Waals surface area contributed by atoms with Gasteiger partial charge in [-0.3, -0.25) is 9.59 Å². The van der Waals surface area contributed by atoms with Gasteiger partial charge in [-0.1, -0.05) is 46.6 Å². The third kappa shape index (κ3) is 4.91. The van der Waals surface area contributed by atoms with Gasteiger partial charge in [0.15, 0.2) is 0 Å². The lowest BCUT2D eigenvalue weighted by molar-refractivity contribution is -0.116. The van der Waals surface area contributed by atoms with E-state index in [4.69, 9.17) is 0 Å². The molecule has 138 valence electrons. The Morgan fingerprint density at radius 3 is 2.44 bits per heavy atom. The van der Waals surface area contributed by atoms with Gasteiger partial charge in [0, 0.05) is 12.0 Å². The summed E-state index contributed by atoms with van der Waals surface area (Å²) >= 11 is 1.46. The maximum Gasteiger partial charge on any atom is 0.263 e. The molecule has 0 aromatic carbocycles. The monoisotopic (exact) mass is 363 g/mol. The highest BCUT2D eigenvalue weighted by molar-refractivity contribution is 7.14. The number of carbonyl (C=O) groups excluding carboxylic acids is 2. The van der Waals surface area contributed by atoms with Crippen molar-refractivity contribution in [3.05, 3.63) is 28.2 Å². The lowest BCUT2D eigenvalue weighted by atomic mass is 9.81. The van der Waals surface area contributed by atoms with Gasteiger partial charge in [-0.15, -0.1) is 11.3 Å². The zero-order valence-corrected chi connectivity index (χ0v) is 16.5. The van der Waals surface area contributed by atoms with Crippen molar-refractivity contribution in [3.8, 4) is 0 Å². The maximum atomic E-state index is 12.9. The fraction of sp³-hybridized carbons (Fsp3) is 0.632. The molecule has 0 aliphatic heterocycles. The van der Waals surface area contributed by atoms with Crippen LogP contribution in [0.25, 0.3) is 0 Å². The molecule has 0 saturated heterocycles. The van der Waals surface area contributed by atoms with Crippen molar-refractivity contribution in [1.82, 2.24) is 15.6 Å². The minimum atomic E-state index is -0.383. The molecule has 0 bridgehead atoms. The summed E-state index contributed by atoms with van der Waals surface area (Å²) < 4.78 is 0. The van der Waals surface area contributed by atoms with Gasteiger partial charge in [-0.05, 0) is 25.8 Å². The Kier molecular flexibility index (Phi) is 6.03. The Hall–Kier alpha value is -1.69. The lowest BCUT2D eigenvalue weighted by Crippen LogP contribution is -2.56. The first-order valence-corrected chi connectivity index (χ1v) is 9.69. The Bertz CT molecular complexity index is 652. The predicted molar refractivity (Wildman–Crippen MR) is 102 cm³/mol. The van der Waals surface area contributed by atoms with Crippen LogP contribution in [0.15, 0.2) is 12.7 Å². The van der Waals surface area contributed by atoms with Crippen molar-refractivity contribution in [3.63, 3.8) is 0 Å². The van der Waals surface area contributed by atoms with Crippen LogP contribution in [0.5, 0.6) is 0 Å². The second-order valence-electron chi connectivity index (χ2n) is 7.90. The topological polar surface area (TPSA) is 71.1 Å². The molecule has 1 aliphatic rings. The smallest absolute Gasteiger partial charge is 0.263 e. The summed E-state index contributed by atoms with van der Waals surface area (Å²) in [5.74, 6) is -0.288. The lowest BCUT2D eigenvalue weighted by Gasteiger charge is -2.38. The van der Waals surface area contributed by atoms with Gasteiger partial charge in [0.05, 0.1) is 16.2 Å². The largest absolute Gasteiger partial charge is 0.350 e. The van der Waals surface area contributed by atoms with E-state index in [1.807, 2.05) is 6.92 Å². The van der Waals surface area contributed by atoms with Crippen molar-refractivity contribution in [2.24, 2.45) is 0 Å². The van der Waals surface area contributed by atoms with Crippen molar-refractivity contribution in [1.29, 1.82) is 0 Å². The molecule has 2 rings (SSSR count). The number of nitrogens with one attached hydrogen (secondary N) is 2. The van der Waals surface area contributed by atoms with Gasteiger partial charge < -0.3 is 10.6 Å². The van der Waals surface area contributed by atoms with E-state index < -0.39 is 0 Å². The normalized spacial score (nSPS) is 17.0. The van der Waals surface area contributed by atoms with E-state index in [0.717, 1.165) is 36.4 Å². The molecular weight excluding hydrogens is 334 g/mol. The van der Waals surface area contributed by atoms with Gasteiger partial charge in [0.1, 0.15) is 4.88 Å². The molecule has 0 radical (unpaired) electrons. The standard InChI is InChI=1S/C19H29N3O2S/c1-6-14(23)20-12-19(10-8-7-9-11-19)22-16(24)15-13(2)21-17(25-15)18(3,4)5/h6H,1,7-12H2,2-5H3,(H,20,23)(H,22,24). The van der Waals surface area contributed by atoms with E-state index in [1.54, 1.807) is 0 Å². The fourth-order valence-electron chi connectivity index (χ4n) is 3.13. The molecule has 1 saturated carbocycles. The van der Waals surface area contributed by atoms with Gasteiger partial charge in [0.2, 0.25) is 5.91 Å². The summed E-state index contributed by atoms with van der Waals surface area (Å²) in [6.45, 7) is 12.1. The average molecular weight is 364 g/mol. The van der Waals surface area contributed by atoms with Gasteiger partial charge in [-0.2, -0.15) is 0 Å². The summed E-state index contributed by atoms with van der Waals surface area (Å²) in [6, 6.07) is 0. The van der Waals surface area contributed by atoms with Crippen LogP contribution in [-0.4, -0.2) is 28.9 Å². The molecule has 1 aliphatic carbocycles.